The number of hydrogen-bond acceptors (Lipinski definition) is 6. The minimum absolute atomic E-state index is 0.0510. The molecule has 7 nitrogen and oxygen atoms in total. The zero-order chi connectivity index (χ0) is 18.0. The Bertz CT molecular complexity index is 898. The lowest BCUT2D eigenvalue weighted by atomic mass is 9.99. The molecule has 0 N–H and O–H groups in total. The van der Waals surface area contributed by atoms with E-state index in [0.717, 1.165) is 0 Å². The van der Waals surface area contributed by atoms with Crippen LogP contribution in [0.3, 0.4) is 0 Å². The number of nitro groups is 1. The standard InChI is InChI=1S/C18H13NO6/c1-2-24-18(21)15(11-7-9-12(10-8-11)19(22)23)16-13-5-3-4-6-14(13)17(20)25-16/h3-10H,2H2,1H3/b16-15+. The molecule has 2 aromatic carbocycles. The molecule has 25 heavy (non-hydrogen) atoms. The Balaban J connectivity index is 2.18. The van der Waals surface area contributed by atoms with Crippen LogP contribution in [-0.4, -0.2) is 23.5 Å². The van der Waals surface area contributed by atoms with E-state index in [1.807, 2.05) is 0 Å². The van der Waals surface area contributed by atoms with Gasteiger partial charge < -0.3 is 9.47 Å². The van der Waals surface area contributed by atoms with Crippen molar-refractivity contribution in [2.24, 2.45) is 0 Å². The summed E-state index contributed by atoms with van der Waals surface area (Å²) in [5.74, 6) is -1.14. The van der Waals surface area contributed by atoms with Crippen LogP contribution in [0.25, 0.3) is 11.3 Å². The largest absolute Gasteiger partial charge is 0.462 e. The summed E-state index contributed by atoms with van der Waals surface area (Å²) in [5.41, 5.74) is 1.13. The number of nitrogens with zero attached hydrogens (tertiary/aromatic N) is 1. The SMILES string of the molecule is CCOC(=O)/C(=C1/OC(=O)c2ccccc21)c1ccc([N+](=O)[O-])cc1. The third-order valence-corrected chi connectivity index (χ3v) is 3.66. The summed E-state index contributed by atoms with van der Waals surface area (Å²) < 4.78 is 10.4. The van der Waals surface area contributed by atoms with Gasteiger partial charge in [-0.2, -0.15) is 0 Å². The fraction of sp³-hybridized carbons (Fsp3) is 0.111. The number of ether oxygens (including phenoxy) is 2. The summed E-state index contributed by atoms with van der Waals surface area (Å²) in [5, 5.41) is 10.8. The summed E-state index contributed by atoms with van der Waals surface area (Å²) in [6.07, 6.45) is 0. The molecule has 2 aromatic rings. The van der Waals surface area contributed by atoms with Crippen LogP contribution < -0.4 is 0 Å². The van der Waals surface area contributed by atoms with Gasteiger partial charge in [0.25, 0.3) is 5.69 Å². The molecule has 0 unspecified atom stereocenters. The Morgan fingerprint density at radius 2 is 1.76 bits per heavy atom. The second kappa shape index (κ2) is 6.56. The predicted molar refractivity (Wildman–Crippen MR) is 88.4 cm³/mol. The van der Waals surface area contributed by atoms with Gasteiger partial charge >= 0.3 is 11.9 Å². The van der Waals surface area contributed by atoms with Gasteiger partial charge in [-0.25, -0.2) is 9.59 Å². The normalized spacial score (nSPS) is 14.5. The fourth-order valence-corrected chi connectivity index (χ4v) is 2.54. The molecule has 7 heteroatoms. The first-order valence-electron chi connectivity index (χ1n) is 7.50. The third kappa shape index (κ3) is 2.99. The van der Waals surface area contributed by atoms with Crippen LogP contribution in [0.4, 0.5) is 5.69 Å². The van der Waals surface area contributed by atoms with Crippen molar-refractivity contribution < 1.29 is 24.0 Å². The summed E-state index contributed by atoms with van der Waals surface area (Å²) in [7, 11) is 0. The van der Waals surface area contributed by atoms with E-state index in [4.69, 9.17) is 9.47 Å². The van der Waals surface area contributed by atoms with Gasteiger partial charge in [0.2, 0.25) is 0 Å². The molecule has 0 aliphatic carbocycles. The van der Waals surface area contributed by atoms with Gasteiger partial charge in [-0.3, -0.25) is 10.1 Å². The van der Waals surface area contributed by atoms with E-state index in [1.54, 1.807) is 31.2 Å². The zero-order valence-corrected chi connectivity index (χ0v) is 13.2. The van der Waals surface area contributed by atoms with Crippen LogP contribution in [0.15, 0.2) is 48.5 Å². The number of cyclic esters (lactones) is 1. The lowest BCUT2D eigenvalue weighted by Crippen LogP contribution is -2.09. The maximum Gasteiger partial charge on any atom is 0.344 e. The van der Waals surface area contributed by atoms with Gasteiger partial charge in [-0.15, -0.1) is 0 Å². The Hall–Kier alpha value is -3.48. The van der Waals surface area contributed by atoms with E-state index in [9.17, 15) is 19.7 Å². The molecule has 0 spiro atoms. The van der Waals surface area contributed by atoms with Gasteiger partial charge in [0.05, 0.1) is 17.1 Å². The number of hydrogen-bond donors (Lipinski definition) is 0. The van der Waals surface area contributed by atoms with E-state index >= 15 is 0 Å². The van der Waals surface area contributed by atoms with Crippen LogP contribution in [0.2, 0.25) is 0 Å². The van der Waals surface area contributed by atoms with Crippen molar-refractivity contribution in [3.05, 3.63) is 75.3 Å². The smallest absolute Gasteiger partial charge is 0.344 e. The average molecular weight is 339 g/mol. The van der Waals surface area contributed by atoms with Crippen LogP contribution in [0.5, 0.6) is 0 Å². The molecular formula is C18H13NO6. The lowest BCUT2D eigenvalue weighted by molar-refractivity contribution is -0.384. The first-order chi connectivity index (χ1) is 12.0. The minimum atomic E-state index is -0.671. The number of carbonyl (C=O) groups excluding carboxylic acids is 2. The molecule has 0 aromatic heterocycles. The van der Waals surface area contributed by atoms with Crippen LogP contribution in [0, 0.1) is 10.1 Å². The van der Waals surface area contributed by atoms with Crippen LogP contribution >= 0.6 is 0 Å². The summed E-state index contributed by atoms with van der Waals surface area (Å²) in [4.78, 5) is 34.8. The van der Waals surface area contributed by atoms with Gasteiger partial charge in [0.1, 0.15) is 5.57 Å². The highest BCUT2D eigenvalue weighted by Crippen LogP contribution is 2.36. The molecule has 1 heterocycles. The van der Waals surface area contributed by atoms with Crippen molar-refractivity contribution in [2.45, 2.75) is 6.92 Å². The van der Waals surface area contributed by atoms with Crippen LogP contribution in [-0.2, 0) is 14.3 Å². The fourth-order valence-electron chi connectivity index (χ4n) is 2.54. The second-order valence-electron chi connectivity index (χ2n) is 5.16. The third-order valence-electron chi connectivity index (χ3n) is 3.66. The highest BCUT2D eigenvalue weighted by atomic mass is 16.6. The Morgan fingerprint density at radius 1 is 1.12 bits per heavy atom. The number of esters is 2. The number of rotatable bonds is 4. The van der Waals surface area contributed by atoms with E-state index in [1.165, 1.54) is 24.3 Å². The average Bonchev–Trinajstić information content (AvgIpc) is 2.93. The van der Waals surface area contributed by atoms with E-state index < -0.39 is 16.9 Å². The Morgan fingerprint density at radius 3 is 2.36 bits per heavy atom. The molecule has 0 fully saturated rings. The van der Waals surface area contributed by atoms with Gasteiger partial charge in [0, 0.05) is 17.7 Å². The lowest BCUT2D eigenvalue weighted by Gasteiger charge is -2.10. The number of fused-ring (bicyclic) bond motifs is 1. The summed E-state index contributed by atoms with van der Waals surface area (Å²) >= 11 is 0. The molecule has 1 aliphatic rings. The van der Waals surface area contributed by atoms with Gasteiger partial charge in [-0.1, -0.05) is 18.2 Å². The summed E-state index contributed by atoms with van der Waals surface area (Å²) in [6.45, 7) is 1.79. The Kier molecular flexibility index (Phi) is 4.30. The molecule has 0 atom stereocenters. The molecule has 0 radical (unpaired) electrons. The molecule has 0 bridgehead atoms. The summed E-state index contributed by atoms with van der Waals surface area (Å²) in [6, 6.07) is 12.1. The van der Waals surface area contributed by atoms with E-state index in [2.05, 4.69) is 0 Å². The Labute approximate surface area is 142 Å². The molecule has 126 valence electrons. The second-order valence-corrected chi connectivity index (χ2v) is 5.16. The highest BCUT2D eigenvalue weighted by Gasteiger charge is 2.32. The topological polar surface area (TPSA) is 95.7 Å². The van der Waals surface area contributed by atoms with Crippen molar-refractivity contribution >= 4 is 29.0 Å². The molecule has 3 rings (SSSR count). The monoisotopic (exact) mass is 339 g/mol. The molecular weight excluding hydrogens is 326 g/mol. The quantitative estimate of drug-likeness (QED) is 0.367. The van der Waals surface area contributed by atoms with Crippen molar-refractivity contribution in [1.29, 1.82) is 0 Å². The predicted octanol–water partition coefficient (Wildman–Crippen LogP) is 3.20. The highest BCUT2D eigenvalue weighted by molar-refractivity contribution is 6.26. The number of carbonyl (C=O) groups is 2. The van der Waals surface area contributed by atoms with Crippen molar-refractivity contribution in [1.82, 2.24) is 0 Å². The molecule has 0 saturated heterocycles. The van der Waals surface area contributed by atoms with Crippen molar-refractivity contribution in [3.8, 4) is 0 Å². The van der Waals surface area contributed by atoms with E-state index in [0.29, 0.717) is 16.7 Å². The number of benzene rings is 2. The molecule has 0 amide bonds. The van der Waals surface area contributed by atoms with E-state index in [-0.39, 0.29) is 23.6 Å². The molecule has 1 aliphatic heterocycles. The van der Waals surface area contributed by atoms with Crippen molar-refractivity contribution in [2.75, 3.05) is 6.61 Å². The van der Waals surface area contributed by atoms with Crippen LogP contribution in [0.1, 0.15) is 28.4 Å². The number of non-ortho nitro benzene ring substituents is 1. The minimum Gasteiger partial charge on any atom is -0.462 e. The van der Waals surface area contributed by atoms with Gasteiger partial charge in [0.15, 0.2) is 5.76 Å². The maximum absolute atomic E-state index is 12.5. The maximum atomic E-state index is 12.5. The van der Waals surface area contributed by atoms with Gasteiger partial charge in [-0.05, 0) is 30.7 Å². The number of nitro benzene ring substituents is 1. The first kappa shape index (κ1) is 16.4. The zero-order valence-electron chi connectivity index (χ0n) is 13.2. The van der Waals surface area contributed by atoms with Crippen molar-refractivity contribution in [3.63, 3.8) is 0 Å². The molecule has 0 saturated carbocycles. The first-order valence-corrected chi connectivity index (χ1v) is 7.50.